The number of piperazine rings is 1. The van der Waals surface area contributed by atoms with Crippen LogP contribution in [0.5, 0.6) is 0 Å². The van der Waals surface area contributed by atoms with Gasteiger partial charge in [-0.05, 0) is 56.2 Å². The zero-order valence-corrected chi connectivity index (χ0v) is 19.8. The van der Waals surface area contributed by atoms with Crippen molar-refractivity contribution in [3.8, 4) is 0 Å². The maximum Gasteiger partial charge on any atom is 0.254 e. The minimum absolute atomic E-state index is 0.255. The molecule has 0 atom stereocenters. The smallest absolute Gasteiger partial charge is 0.254 e. The van der Waals surface area contributed by atoms with Gasteiger partial charge in [-0.3, -0.25) is 0 Å². The zero-order valence-electron chi connectivity index (χ0n) is 19.0. The Hall–Kier alpha value is -3.19. The Balaban J connectivity index is 1.43. The molecule has 0 amide bonds. The van der Waals surface area contributed by atoms with Crippen LogP contribution in [0.1, 0.15) is 28.2 Å². The van der Waals surface area contributed by atoms with Gasteiger partial charge in [0.25, 0.3) is 5.78 Å². The third-order valence-corrected chi connectivity index (χ3v) is 6.56. The topological polar surface area (TPSA) is 49.6 Å². The predicted molar refractivity (Wildman–Crippen MR) is 130 cm³/mol. The first-order valence-electron chi connectivity index (χ1n) is 11.1. The lowest BCUT2D eigenvalue weighted by molar-refractivity contribution is 0.625. The van der Waals surface area contributed by atoms with Crippen molar-refractivity contribution in [2.24, 2.45) is 0 Å². The van der Waals surface area contributed by atoms with E-state index in [1.54, 1.807) is 6.07 Å². The summed E-state index contributed by atoms with van der Waals surface area (Å²) in [5, 5.41) is 5.52. The lowest BCUT2D eigenvalue weighted by Crippen LogP contribution is -2.47. The van der Waals surface area contributed by atoms with Crippen LogP contribution in [-0.4, -0.2) is 45.8 Å². The molecule has 1 fully saturated rings. The van der Waals surface area contributed by atoms with E-state index in [0.29, 0.717) is 18.0 Å². The standard InChI is InChI=1S/C25H26ClFN6/c1-16-7-8-20(26)15-22(16)31-9-11-32(12-10-31)24-17(2)18(3)28-25-29-23(30-33(24)25)14-19-5-4-6-21(27)13-19/h4-8,13,15H,9-12,14H2,1-3H3. The average molecular weight is 465 g/mol. The van der Waals surface area contributed by atoms with E-state index in [-0.39, 0.29) is 5.82 Å². The van der Waals surface area contributed by atoms with Gasteiger partial charge in [-0.1, -0.05) is 29.8 Å². The molecule has 0 unspecified atom stereocenters. The molecule has 2 aromatic carbocycles. The van der Waals surface area contributed by atoms with Crippen molar-refractivity contribution in [2.45, 2.75) is 27.2 Å². The van der Waals surface area contributed by atoms with Crippen molar-refractivity contribution in [3.63, 3.8) is 0 Å². The molecule has 0 N–H and O–H groups in total. The van der Waals surface area contributed by atoms with E-state index in [0.717, 1.165) is 53.8 Å². The summed E-state index contributed by atoms with van der Waals surface area (Å²) < 4.78 is 15.5. The Bertz CT molecular complexity index is 1330. The van der Waals surface area contributed by atoms with Gasteiger partial charge in [0, 0.05) is 54.6 Å². The van der Waals surface area contributed by atoms with Gasteiger partial charge < -0.3 is 9.80 Å². The Morgan fingerprint density at radius 2 is 1.70 bits per heavy atom. The molecule has 170 valence electrons. The highest BCUT2D eigenvalue weighted by Gasteiger charge is 2.24. The number of anilines is 2. The van der Waals surface area contributed by atoms with Crippen LogP contribution in [0.4, 0.5) is 15.9 Å². The number of hydrogen-bond acceptors (Lipinski definition) is 5. The molecule has 0 aliphatic carbocycles. The molecular weight excluding hydrogens is 439 g/mol. The van der Waals surface area contributed by atoms with Crippen molar-refractivity contribution in [1.29, 1.82) is 0 Å². The Labute approximate surface area is 197 Å². The monoisotopic (exact) mass is 464 g/mol. The van der Waals surface area contributed by atoms with Gasteiger partial charge >= 0.3 is 0 Å². The number of benzene rings is 2. The van der Waals surface area contributed by atoms with Gasteiger partial charge in [0.2, 0.25) is 0 Å². The number of halogens is 2. The second-order valence-corrected chi connectivity index (χ2v) is 9.03. The second kappa shape index (κ2) is 8.63. The molecule has 33 heavy (non-hydrogen) atoms. The summed E-state index contributed by atoms with van der Waals surface area (Å²) in [7, 11) is 0. The molecule has 6 nitrogen and oxygen atoms in total. The first-order chi connectivity index (χ1) is 15.9. The van der Waals surface area contributed by atoms with Gasteiger partial charge in [-0.25, -0.2) is 9.37 Å². The summed E-state index contributed by atoms with van der Waals surface area (Å²) in [5.41, 5.74) is 5.29. The Morgan fingerprint density at radius 3 is 2.45 bits per heavy atom. The maximum absolute atomic E-state index is 13.6. The molecule has 1 aliphatic rings. The first-order valence-corrected chi connectivity index (χ1v) is 11.5. The molecule has 0 spiro atoms. The summed E-state index contributed by atoms with van der Waals surface area (Å²) in [6, 6.07) is 12.6. The molecule has 4 aromatic rings. The summed E-state index contributed by atoms with van der Waals surface area (Å²) in [6.07, 6.45) is 0.459. The fourth-order valence-electron chi connectivity index (χ4n) is 4.47. The van der Waals surface area contributed by atoms with Crippen molar-refractivity contribution in [3.05, 3.63) is 81.5 Å². The number of hydrogen-bond donors (Lipinski definition) is 0. The molecule has 1 aliphatic heterocycles. The van der Waals surface area contributed by atoms with Gasteiger partial charge in [-0.2, -0.15) is 9.50 Å². The van der Waals surface area contributed by atoms with E-state index in [1.165, 1.54) is 23.4 Å². The van der Waals surface area contributed by atoms with Crippen LogP contribution < -0.4 is 9.80 Å². The summed E-state index contributed by atoms with van der Waals surface area (Å²) in [4.78, 5) is 14.0. The van der Waals surface area contributed by atoms with Crippen molar-refractivity contribution < 1.29 is 4.39 Å². The van der Waals surface area contributed by atoms with Crippen molar-refractivity contribution in [2.75, 3.05) is 36.0 Å². The third-order valence-electron chi connectivity index (χ3n) is 6.32. The number of nitrogens with zero attached hydrogens (tertiary/aromatic N) is 6. The van der Waals surface area contributed by atoms with Gasteiger partial charge in [-0.15, -0.1) is 5.10 Å². The summed E-state index contributed by atoms with van der Waals surface area (Å²) in [5.74, 6) is 1.98. The molecule has 1 saturated heterocycles. The minimum Gasteiger partial charge on any atom is -0.368 e. The zero-order chi connectivity index (χ0) is 23.1. The highest BCUT2D eigenvalue weighted by molar-refractivity contribution is 6.30. The fraction of sp³-hybridized carbons (Fsp3) is 0.320. The molecule has 0 saturated carbocycles. The Kier molecular flexibility index (Phi) is 5.66. The average Bonchev–Trinajstić information content (AvgIpc) is 3.18. The fourth-order valence-corrected chi connectivity index (χ4v) is 4.64. The van der Waals surface area contributed by atoms with Crippen LogP contribution in [0.2, 0.25) is 5.02 Å². The molecule has 3 heterocycles. The van der Waals surface area contributed by atoms with Crippen molar-refractivity contribution in [1.82, 2.24) is 19.6 Å². The molecule has 8 heteroatoms. The minimum atomic E-state index is -0.255. The number of fused-ring (bicyclic) bond motifs is 1. The lowest BCUT2D eigenvalue weighted by Gasteiger charge is -2.38. The normalized spacial score (nSPS) is 14.3. The van der Waals surface area contributed by atoms with Gasteiger partial charge in [0.15, 0.2) is 5.82 Å². The molecular formula is C25H26ClFN6. The Morgan fingerprint density at radius 1 is 0.939 bits per heavy atom. The second-order valence-electron chi connectivity index (χ2n) is 8.60. The first kappa shape index (κ1) is 21.6. The van der Waals surface area contributed by atoms with Crippen LogP contribution in [0.3, 0.4) is 0 Å². The summed E-state index contributed by atoms with van der Waals surface area (Å²) >= 11 is 6.25. The third kappa shape index (κ3) is 4.25. The highest BCUT2D eigenvalue weighted by Crippen LogP contribution is 2.28. The van der Waals surface area contributed by atoms with Crippen LogP contribution >= 0.6 is 11.6 Å². The van der Waals surface area contributed by atoms with Crippen LogP contribution in [0, 0.1) is 26.6 Å². The van der Waals surface area contributed by atoms with Gasteiger partial charge in [0.1, 0.15) is 11.6 Å². The van der Waals surface area contributed by atoms with Crippen molar-refractivity contribution >= 4 is 28.9 Å². The largest absolute Gasteiger partial charge is 0.368 e. The van der Waals surface area contributed by atoms with Crippen LogP contribution in [-0.2, 0) is 6.42 Å². The summed E-state index contributed by atoms with van der Waals surface area (Å²) in [6.45, 7) is 9.68. The van der Waals surface area contributed by atoms with E-state index < -0.39 is 0 Å². The highest BCUT2D eigenvalue weighted by atomic mass is 35.5. The predicted octanol–water partition coefficient (Wildman–Crippen LogP) is 4.76. The lowest BCUT2D eigenvalue weighted by atomic mass is 10.1. The molecule has 2 aromatic heterocycles. The molecule has 0 radical (unpaired) electrons. The molecule has 0 bridgehead atoms. The van der Waals surface area contributed by atoms with Crippen LogP contribution in [0.15, 0.2) is 42.5 Å². The van der Waals surface area contributed by atoms with Crippen LogP contribution in [0.25, 0.3) is 5.78 Å². The quantitative estimate of drug-likeness (QED) is 0.436. The van der Waals surface area contributed by atoms with E-state index in [1.807, 2.05) is 29.6 Å². The maximum atomic E-state index is 13.6. The number of rotatable bonds is 4. The van der Waals surface area contributed by atoms with E-state index >= 15 is 0 Å². The van der Waals surface area contributed by atoms with E-state index in [2.05, 4.69) is 39.7 Å². The van der Waals surface area contributed by atoms with E-state index in [4.69, 9.17) is 16.7 Å². The van der Waals surface area contributed by atoms with E-state index in [9.17, 15) is 4.39 Å². The van der Waals surface area contributed by atoms with Gasteiger partial charge in [0.05, 0.1) is 0 Å². The SMILES string of the molecule is Cc1ccc(Cl)cc1N1CCN(c2c(C)c(C)nc3nc(Cc4cccc(F)c4)nn23)CC1. The molecule has 5 rings (SSSR count). The number of aryl methyl sites for hydroxylation is 2. The number of aromatic nitrogens is 4.